The van der Waals surface area contributed by atoms with Crippen molar-refractivity contribution in [3.05, 3.63) is 28.8 Å². The Balaban J connectivity index is 2.07. The summed E-state index contributed by atoms with van der Waals surface area (Å²) in [6.07, 6.45) is 3.57. The Kier molecular flexibility index (Phi) is 3.95. The third-order valence-electron chi connectivity index (χ3n) is 3.63. The summed E-state index contributed by atoms with van der Waals surface area (Å²) in [6, 6.07) is 5.90. The van der Waals surface area contributed by atoms with Crippen molar-refractivity contribution in [3.63, 3.8) is 0 Å². The molecule has 1 aliphatic carbocycles. The maximum Gasteiger partial charge on any atom is 0.0776 e. The van der Waals surface area contributed by atoms with Crippen LogP contribution in [-0.4, -0.2) is 18.7 Å². The van der Waals surface area contributed by atoms with Gasteiger partial charge in [-0.15, -0.1) is 0 Å². The standard InChI is InChI=1S/C14H20ClNO/c1-10(17)13-7-6-12(8-14(13)15)16(2)9-11-4-3-5-11/h6-8,10-11,17H,3-5,9H2,1-2H3. The van der Waals surface area contributed by atoms with E-state index in [1.54, 1.807) is 6.92 Å². The average molecular weight is 254 g/mol. The zero-order valence-corrected chi connectivity index (χ0v) is 11.2. The molecule has 3 heteroatoms. The van der Waals surface area contributed by atoms with Gasteiger partial charge in [-0.2, -0.15) is 0 Å². The van der Waals surface area contributed by atoms with Crippen LogP contribution in [0.25, 0.3) is 0 Å². The van der Waals surface area contributed by atoms with E-state index < -0.39 is 6.10 Å². The smallest absolute Gasteiger partial charge is 0.0776 e. The van der Waals surface area contributed by atoms with Crippen molar-refractivity contribution < 1.29 is 5.11 Å². The van der Waals surface area contributed by atoms with Crippen LogP contribution in [0.3, 0.4) is 0 Å². The molecule has 1 aromatic carbocycles. The Bertz CT molecular complexity index is 388. The number of nitrogens with zero attached hydrogens (tertiary/aromatic N) is 1. The predicted octanol–water partition coefficient (Wildman–Crippen LogP) is 3.63. The van der Waals surface area contributed by atoms with Gasteiger partial charge in [0.1, 0.15) is 0 Å². The molecule has 1 aromatic rings. The molecule has 0 spiro atoms. The summed E-state index contributed by atoms with van der Waals surface area (Å²) in [5.41, 5.74) is 1.93. The van der Waals surface area contributed by atoms with Crippen LogP contribution in [0.5, 0.6) is 0 Å². The second kappa shape index (κ2) is 5.28. The van der Waals surface area contributed by atoms with Gasteiger partial charge in [-0.1, -0.05) is 24.1 Å². The third kappa shape index (κ3) is 2.93. The summed E-state index contributed by atoms with van der Waals surface area (Å²) >= 11 is 6.17. The lowest BCUT2D eigenvalue weighted by molar-refractivity contribution is 0.199. The van der Waals surface area contributed by atoms with E-state index in [1.807, 2.05) is 18.2 Å². The number of aliphatic hydroxyl groups is 1. The number of hydrogen-bond donors (Lipinski definition) is 1. The van der Waals surface area contributed by atoms with Gasteiger partial charge < -0.3 is 10.0 Å². The minimum atomic E-state index is -0.506. The molecule has 2 rings (SSSR count). The topological polar surface area (TPSA) is 23.5 Å². The molecule has 2 nitrogen and oxygen atoms in total. The van der Waals surface area contributed by atoms with Crippen molar-refractivity contribution in [1.29, 1.82) is 0 Å². The van der Waals surface area contributed by atoms with Crippen LogP contribution in [0.1, 0.15) is 37.9 Å². The molecule has 0 radical (unpaired) electrons. The molecular formula is C14H20ClNO. The highest BCUT2D eigenvalue weighted by Crippen LogP contribution is 2.31. The highest BCUT2D eigenvalue weighted by molar-refractivity contribution is 6.31. The number of halogens is 1. The molecule has 0 aromatic heterocycles. The van der Waals surface area contributed by atoms with E-state index in [1.165, 1.54) is 19.3 Å². The number of anilines is 1. The summed E-state index contributed by atoms with van der Waals surface area (Å²) in [6.45, 7) is 2.84. The summed E-state index contributed by atoms with van der Waals surface area (Å²) in [5, 5.41) is 10.2. The lowest BCUT2D eigenvalue weighted by Crippen LogP contribution is -2.29. The molecule has 1 atom stereocenters. The molecule has 1 aliphatic rings. The molecule has 1 fully saturated rings. The Hall–Kier alpha value is -0.730. The molecule has 17 heavy (non-hydrogen) atoms. The van der Waals surface area contributed by atoms with Crippen molar-refractivity contribution in [3.8, 4) is 0 Å². The van der Waals surface area contributed by atoms with Crippen LogP contribution in [0.2, 0.25) is 5.02 Å². The molecule has 0 amide bonds. The van der Waals surface area contributed by atoms with E-state index >= 15 is 0 Å². The molecule has 94 valence electrons. The van der Waals surface area contributed by atoms with Gasteiger partial charge >= 0.3 is 0 Å². The van der Waals surface area contributed by atoms with E-state index in [2.05, 4.69) is 11.9 Å². The Labute approximate surface area is 108 Å². The van der Waals surface area contributed by atoms with Crippen molar-refractivity contribution in [2.24, 2.45) is 5.92 Å². The van der Waals surface area contributed by atoms with Crippen LogP contribution >= 0.6 is 11.6 Å². The molecule has 0 aliphatic heterocycles. The van der Waals surface area contributed by atoms with Gasteiger partial charge in [0.15, 0.2) is 0 Å². The Morgan fingerprint density at radius 3 is 2.65 bits per heavy atom. The fourth-order valence-electron chi connectivity index (χ4n) is 2.26. The first-order valence-corrected chi connectivity index (χ1v) is 6.64. The number of rotatable bonds is 4. The molecule has 0 bridgehead atoms. The lowest BCUT2D eigenvalue weighted by atomic mass is 9.85. The SMILES string of the molecule is CC(O)c1ccc(N(C)CC2CCC2)cc1Cl. The van der Waals surface area contributed by atoms with Crippen LogP contribution in [0, 0.1) is 5.92 Å². The zero-order chi connectivity index (χ0) is 12.4. The maximum atomic E-state index is 9.53. The summed E-state index contributed by atoms with van der Waals surface area (Å²) in [4.78, 5) is 2.25. The lowest BCUT2D eigenvalue weighted by Gasteiger charge is -2.31. The molecule has 1 unspecified atom stereocenters. The van der Waals surface area contributed by atoms with Crippen LogP contribution in [-0.2, 0) is 0 Å². The van der Waals surface area contributed by atoms with Gasteiger partial charge in [0, 0.05) is 24.3 Å². The van der Waals surface area contributed by atoms with E-state index in [0.717, 1.165) is 23.7 Å². The first-order valence-electron chi connectivity index (χ1n) is 6.26. The van der Waals surface area contributed by atoms with E-state index in [4.69, 9.17) is 11.6 Å². The number of hydrogen-bond acceptors (Lipinski definition) is 2. The van der Waals surface area contributed by atoms with Crippen LogP contribution < -0.4 is 4.90 Å². The molecular weight excluding hydrogens is 234 g/mol. The van der Waals surface area contributed by atoms with E-state index in [0.29, 0.717) is 5.02 Å². The van der Waals surface area contributed by atoms with Gasteiger partial charge in [-0.05, 0) is 43.4 Å². The average Bonchev–Trinajstić information content (AvgIpc) is 2.22. The summed E-state index contributed by atoms with van der Waals surface area (Å²) < 4.78 is 0. The highest BCUT2D eigenvalue weighted by Gasteiger charge is 2.19. The first kappa shape index (κ1) is 12.7. The van der Waals surface area contributed by atoms with Crippen LogP contribution in [0.15, 0.2) is 18.2 Å². The fraction of sp³-hybridized carbons (Fsp3) is 0.571. The van der Waals surface area contributed by atoms with Crippen molar-refractivity contribution in [2.45, 2.75) is 32.3 Å². The monoisotopic (exact) mass is 253 g/mol. The summed E-state index contributed by atoms with van der Waals surface area (Å²) in [5.74, 6) is 0.843. The normalized spacial score (nSPS) is 17.6. The Morgan fingerprint density at radius 2 is 2.18 bits per heavy atom. The van der Waals surface area contributed by atoms with Gasteiger partial charge in [-0.25, -0.2) is 0 Å². The highest BCUT2D eigenvalue weighted by atomic mass is 35.5. The van der Waals surface area contributed by atoms with Gasteiger partial charge in [0.05, 0.1) is 6.10 Å². The molecule has 1 N–H and O–H groups in total. The van der Waals surface area contributed by atoms with Gasteiger partial charge in [-0.3, -0.25) is 0 Å². The molecule has 0 heterocycles. The predicted molar refractivity (Wildman–Crippen MR) is 72.7 cm³/mol. The summed E-state index contributed by atoms with van der Waals surface area (Å²) in [7, 11) is 2.10. The molecule has 0 saturated heterocycles. The quantitative estimate of drug-likeness (QED) is 0.886. The van der Waals surface area contributed by atoms with Crippen molar-refractivity contribution in [2.75, 3.05) is 18.5 Å². The minimum Gasteiger partial charge on any atom is -0.389 e. The van der Waals surface area contributed by atoms with Crippen LogP contribution in [0.4, 0.5) is 5.69 Å². The van der Waals surface area contributed by atoms with Gasteiger partial charge in [0.25, 0.3) is 0 Å². The third-order valence-corrected chi connectivity index (χ3v) is 3.96. The maximum absolute atomic E-state index is 9.53. The van der Waals surface area contributed by atoms with Gasteiger partial charge in [0.2, 0.25) is 0 Å². The zero-order valence-electron chi connectivity index (χ0n) is 10.5. The second-order valence-electron chi connectivity index (χ2n) is 5.06. The second-order valence-corrected chi connectivity index (χ2v) is 5.47. The number of aliphatic hydroxyl groups excluding tert-OH is 1. The molecule has 1 saturated carbocycles. The van der Waals surface area contributed by atoms with Crippen molar-refractivity contribution in [1.82, 2.24) is 0 Å². The number of benzene rings is 1. The van der Waals surface area contributed by atoms with E-state index in [9.17, 15) is 5.11 Å². The Morgan fingerprint density at radius 1 is 1.47 bits per heavy atom. The first-order chi connectivity index (χ1) is 8.08. The largest absolute Gasteiger partial charge is 0.389 e. The minimum absolute atomic E-state index is 0.506. The van der Waals surface area contributed by atoms with E-state index in [-0.39, 0.29) is 0 Å². The van der Waals surface area contributed by atoms with Crippen molar-refractivity contribution >= 4 is 17.3 Å². The fourth-order valence-corrected chi connectivity index (χ4v) is 2.59.